The molecule has 3 rings (SSSR count). The van der Waals surface area contributed by atoms with E-state index < -0.39 is 0 Å². The number of nitrogens with zero attached hydrogens (tertiary/aromatic N) is 1. The van der Waals surface area contributed by atoms with Gasteiger partial charge in [-0.25, -0.2) is 0 Å². The molecule has 19 heavy (non-hydrogen) atoms. The lowest BCUT2D eigenvalue weighted by molar-refractivity contribution is -0.110. The van der Waals surface area contributed by atoms with E-state index in [0.717, 1.165) is 16.8 Å². The monoisotopic (exact) mass is 250 g/mol. The highest BCUT2D eigenvalue weighted by atomic mass is 16.2. The molecule has 1 aliphatic heterocycles. The first kappa shape index (κ1) is 11.7. The van der Waals surface area contributed by atoms with Gasteiger partial charge in [0.2, 0.25) is 0 Å². The van der Waals surface area contributed by atoms with Gasteiger partial charge in [0.25, 0.3) is 5.91 Å². The Labute approximate surface area is 112 Å². The first-order valence-corrected chi connectivity index (χ1v) is 6.29. The SMILES string of the molecule is C[C@H](N=C1C(=O)Nc2ccccc21)c1ccccc1. The molecule has 3 heteroatoms. The van der Waals surface area contributed by atoms with E-state index in [0.29, 0.717) is 5.71 Å². The second-order valence-corrected chi connectivity index (χ2v) is 4.56. The van der Waals surface area contributed by atoms with E-state index in [1.54, 1.807) is 0 Å². The summed E-state index contributed by atoms with van der Waals surface area (Å²) in [4.78, 5) is 16.5. The van der Waals surface area contributed by atoms with Gasteiger partial charge >= 0.3 is 0 Å². The van der Waals surface area contributed by atoms with Crippen LogP contribution in [0.3, 0.4) is 0 Å². The molecule has 0 saturated heterocycles. The number of carbonyl (C=O) groups excluding carboxylic acids is 1. The molecule has 0 radical (unpaired) electrons. The van der Waals surface area contributed by atoms with E-state index in [2.05, 4.69) is 10.3 Å². The molecule has 0 saturated carbocycles. The van der Waals surface area contributed by atoms with Crippen molar-refractivity contribution in [2.75, 3.05) is 5.32 Å². The molecule has 3 nitrogen and oxygen atoms in total. The molecule has 2 aromatic rings. The van der Waals surface area contributed by atoms with Gasteiger partial charge < -0.3 is 5.32 Å². The third kappa shape index (κ3) is 2.15. The number of aliphatic imine (C=N–C) groups is 1. The Morgan fingerprint density at radius 2 is 1.68 bits per heavy atom. The summed E-state index contributed by atoms with van der Waals surface area (Å²) in [6, 6.07) is 17.6. The van der Waals surface area contributed by atoms with E-state index in [-0.39, 0.29) is 11.9 Å². The smallest absolute Gasteiger partial charge is 0.274 e. The van der Waals surface area contributed by atoms with Gasteiger partial charge in [-0.3, -0.25) is 9.79 Å². The summed E-state index contributed by atoms with van der Waals surface area (Å²) in [6.45, 7) is 2.00. The zero-order valence-electron chi connectivity index (χ0n) is 10.6. The number of rotatable bonds is 2. The Hall–Kier alpha value is -2.42. The Morgan fingerprint density at radius 3 is 2.47 bits per heavy atom. The summed E-state index contributed by atoms with van der Waals surface area (Å²) in [5.41, 5.74) is 3.35. The number of carbonyl (C=O) groups is 1. The van der Waals surface area contributed by atoms with Crippen LogP contribution in [0.1, 0.15) is 24.1 Å². The van der Waals surface area contributed by atoms with Gasteiger partial charge in [0, 0.05) is 5.56 Å². The van der Waals surface area contributed by atoms with Gasteiger partial charge in [-0.2, -0.15) is 0 Å². The second kappa shape index (κ2) is 4.69. The standard InChI is InChI=1S/C16H14N2O/c1-11(12-7-3-2-4-8-12)17-15-13-9-5-6-10-14(13)18-16(15)19/h2-11H,1H3,(H,17,18,19)/t11-/m0/s1. The quantitative estimate of drug-likeness (QED) is 0.873. The third-order valence-electron chi connectivity index (χ3n) is 3.25. The van der Waals surface area contributed by atoms with Gasteiger partial charge in [-0.05, 0) is 18.6 Å². The Bertz CT molecular complexity index is 647. The van der Waals surface area contributed by atoms with Crippen LogP contribution < -0.4 is 5.32 Å². The van der Waals surface area contributed by atoms with Gasteiger partial charge in [0.05, 0.1) is 11.7 Å². The normalized spacial score (nSPS) is 17.1. The fraction of sp³-hybridized carbons (Fsp3) is 0.125. The molecule has 2 aromatic carbocycles. The molecule has 94 valence electrons. The number of para-hydroxylation sites is 1. The van der Waals surface area contributed by atoms with Crippen LogP contribution in [0.4, 0.5) is 5.69 Å². The molecule has 1 atom stereocenters. The van der Waals surface area contributed by atoms with Gasteiger partial charge in [-0.1, -0.05) is 48.5 Å². The molecule has 0 aromatic heterocycles. The summed E-state index contributed by atoms with van der Waals surface area (Å²) in [6.07, 6.45) is 0. The zero-order valence-corrected chi connectivity index (χ0v) is 10.6. The second-order valence-electron chi connectivity index (χ2n) is 4.56. The molecule has 0 aliphatic carbocycles. The molecule has 0 bridgehead atoms. The number of benzene rings is 2. The van der Waals surface area contributed by atoms with E-state index >= 15 is 0 Å². The van der Waals surface area contributed by atoms with Crippen molar-refractivity contribution < 1.29 is 4.79 Å². The van der Waals surface area contributed by atoms with Crippen LogP contribution in [0, 0.1) is 0 Å². The number of fused-ring (bicyclic) bond motifs is 1. The van der Waals surface area contributed by atoms with Crippen molar-refractivity contribution in [3.8, 4) is 0 Å². The van der Waals surface area contributed by atoms with Crippen LogP contribution >= 0.6 is 0 Å². The summed E-state index contributed by atoms with van der Waals surface area (Å²) >= 11 is 0. The van der Waals surface area contributed by atoms with E-state index in [1.165, 1.54) is 0 Å². The van der Waals surface area contributed by atoms with E-state index in [1.807, 2.05) is 61.5 Å². The van der Waals surface area contributed by atoms with Crippen molar-refractivity contribution >= 4 is 17.3 Å². The Morgan fingerprint density at radius 1 is 1.00 bits per heavy atom. The summed E-state index contributed by atoms with van der Waals surface area (Å²) in [7, 11) is 0. The van der Waals surface area contributed by atoms with Crippen LogP contribution in [-0.2, 0) is 4.79 Å². The molecule has 1 amide bonds. The van der Waals surface area contributed by atoms with Gasteiger partial charge in [-0.15, -0.1) is 0 Å². The predicted molar refractivity (Wildman–Crippen MR) is 76.5 cm³/mol. The Balaban J connectivity index is 1.98. The summed E-state index contributed by atoms with van der Waals surface area (Å²) < 4.78 is 0. The van der Waals surface area contributed by atoms with Crippen molar-refractivity contribution in [2.45, 2.75) is 13.0 Å². The number of nitrogens with one attached hydrogen (secondary N) is 1. The van der Waals surface area contributed by atoms with Crippen LogP contribution in [0.25, 0.3) is 0 Å². The molecule has 0 spiro atoms. The number of anilines is 1. The molecular weight excluding hydrogens is 236 g/mol. The number of hydrogen-bond donors (Lipinski definition) is 1. The van der Waals surface area contributed by atoms with Crippen molar-refractivity contribution in [1.82, 2.24) is 0 Å². The lowest BCUT2D eigenvalue weighted by atomic mass is 10.1. The molecule has 0 unspecified atom stereocenters. The fourth-order valence-electron chi connectivity index (χ4n) is 2.23. The van der Waals surface area contributed by atoms with Crippen LogP contribution in [0.5, 0.6) is 0 Å². The molecule has 1 aliphatic rings. The lowest BCUT2D eigenvalue weighted by Gasteiger charge is -2.07. The lowest BCUT2D eigenvalue weighted by Crippen LogP contribution is -2.15. The first-order chi connectivity index (χ1) is 9.25. The van der Waals surface area contributed by atoms with Crippen LogP contribution in [-0.4, -0.2) is 11.6 Å². The van der Waals surface area contributed by atoms with Crippen molar-refractivity contribution in [2.24, 2.45) is 4.99 Å². The fourth-order valence-corrected chi connectivity index (χ4v) is 2.23. The maximum Gasteiger partial charge on any atom is 0.274 e. The highest BCUT2D eigenvalue weighted by molar-refractivity contribution is 6.53. The molecular formula is C16H14N2O. The van der Waals surface area contributed by atoms with Crippen molar-refractivity contribution in [1.29, 1.82) is 0 Å². The average molecular weight is 250 g/mol. The maximum atomic E-state index is 12.0. The predicted octanol–water partition coefficient (Wildman–Crippen LogP) is 3.19. The van der Waals surface area contributed by atoms with Crippen molar-refractivity contribution in [3.05, 3.63) is 65.7 Å². The largest absolute Gasteiger partial charge is 0.320 e. The third-order valence-corrected chi connectivity index (χ3v) is 3.25. The minimum atomic E-state index is -0.121. The van der Waals surface area contributed by atoms with Crippen LogP contribution in [0.2, 0.25) is 0 Å². The average Bonchev–Trinajstić information content (AvgIpc) is 2.76. The summed E-state index contributed by atoms with van der Waals surface area (Å²) in [5.74, 6) is -0.121. The summed E-state index contributed by atoms with van der Waals surface area (Å²) in [5, 5.41) is 2.83. The first-order valence-electron chi connectivity index (χ1n) is 6.29. The highest BCUT2D eigenvalue weighted by Gasteiger charge is 2.25. The maximum absolute atomic E-state index is 12.0. The van der Waals surface area contributed by atoms with Crippen molar-refractivity contribution in [3.63, 3.8) is 0 Å². The molecule has 1 N–H and O–H groups in total. The number of amides is 1. The van der Waals surface area contributed by atoms with Gasteiger partial charge in [0.15, 0.2) is 0 Å². The van der Waals surface area contributed by atoms with Gasteiger partial charge in [0.1, 0.15) is 5.71 Å². The topological polar surface area (TPSA) is 41.5 Å². The minimum Gasteiger partial charge on any atom is -0.320 e. The van der Waals surface area contributed by atoms with E-state index in [4.69, 9.17) is 0 Å². The molecule has 0 fully saturated rings. The van der Waals surface area contributed by atoms with Crippen LogP contribution in [0.15, 0.2) is 59.6 Å². The molecule has 1 heterocycles. The van der Waals surface area contributed by atoms with E-state index in [9.17, 15) is 4.79 Å². The number of hydrogen-bond acceptors (Lipinski definition) is 2. The zero-order chi connectivity index (χ0) is 13.2. The Kier molecular flexibility index (Phi) is 2.88. The highest BCUT2D eigenvalue weighted by Crippen LogP contribution is 2.25. The minimum absolute atomic E-state index is 0.0342.